The second-order valence-corrected chi connectivity index (χ2v) is 5.14. The molecule has 1 aromatic heterocycles. The summed E-state index contributed by atoms with van der Waals surface area (Å²) < 4.78 is 12.9. The van der Waals surface area contributed by atoms with Crippen molar-refractivity contribution in [3.63, 3.8) is 0 Å². The number of benzene rings is 1. The zero-order chi connectivity index (χ0) is 15.7. The van der Waals surface area contributed by atoms with E-state index in [1.165, 1.54) is 12.1 Å². The number of hydrogen-bond acceptors (Lipinski definition) is 4. The molecule has 0 spiro atoms. The monoisotopic (exact) mass is 302 g/mol. The molecule has 0 saturated carbocycles. The molecule has 1 aliphatic rings. The zero-order valence-electron chi connectivity index (χ0n) is 12.2. The normalized spacial score (nSPS) is 17.0. The molecule has 0 radical (unpaired) electrons. The van der Waals surface area contributed by atoms with E-state index in [1.807, 2.05) is 6.92 Å². The number of H-pyrrole nitrogens is 1. The SMILES string of the molecule is Cc1n[nH]c(C)c1NC(=O)C1CC(c2ccc(F)cc2)=NO1. The van der Waals surface area contributed by atoms with Gasteiger partial charge in [0.25, 0.3) is 5.91 Å². The van der Waals surface area contributed by atoms with Crippen LogP contribution >= 0.6 is 0 Å². The Morgan fingerprint density at radius 2 is 2.09 bits per heavy atom. The predicted molar refractivity (Wildman–Crippen MR) is 79.1 cm³/mol. The van der Waals surface area contributed by atoms with Gasteiger partial charge in [-0.05, 0) is 31.5 Å². The molecule has 22 heavy (non-hydrogen) atoms. The molecule has 0 aliphatic carbocycles. The van der Waals surface area contributed by atoms with Crippen LogP contribution in [0.3, 0.4) is 0 Å². The predicted octanol–water partition coefficient (Wildman–Crippen LogP) is 2.30. The maximum absolute atomic E-state index is 12.9. The van der Waals surface area contributed by atoms with Crippen LogP contribution in [0, 0.1) is 19.7 Å². The number of aromatic nitrogens is 2. The van der Waals surface area contributed by atoms with Crippen LogP contribution in [0.25, 0.3) is 0 Å². The molecule has 0 fully saturated rings. The summed E-state index contributed by atoms with van der Waals surface area (Å²) >= 11 is 0. The Hall–Kier alpha value is -2.70. The number of rotatable bonds is 3. The van der Waals surface area contributed by atoms with Gasteiger partial charge in [-0.1, -0.05) is 17.3 Å². The minimum absolute atomic E-state index is 0.284. The number of nitrogens with one attached hydrogen (secondary N) is 2. The minimum atomic E-state index is -0.700. The fraction of sp³-hybridized carbons (Fsp3) is 0.267. The molecule has 114 valence electrons. The van der Waals surface area contributed by atoms with E-state index < -0.39 is 6.10 Å². The van der Waals surface area contributed by atoms with Crippen molar-refractivity contribution in [2.24, 2.45) is 5.16 Å². The second kappa shape index (κ2) is 5.59. The van der Waals surface area contributed by atoms with E-state index in [0.717, 1.165) is 11.3 Å². The Bertz CT molecular complexity index is 717. The van der Waals surface area contributed by atoms with Gasteiger partial charge in [-0.3, -0.25) is 9.89 Å². The Balaban J connectivity index is 1.66. The van der Waals surface area contributed by atoms with E-state index in [-0.39, 0.29) is 11.7 Å². The number of carbonyl (C=O) groups is 1. The number of aromatic amines is 1. The highest BCUT2D eigenvalue weighted by Crippen LogP contribution is 2.21. The third-order valence-corrected chi connectivity index (χ3v) is 3.52. The van der Waals surface area contributed by atoms with E-state index in [4.69, 9.17) is 4.84 Å². The summed E-state index contributed by atoms with van der Waals surface area (Å²) in [6.07, 6.45) is -0.360. The largest absolute Gasteiger partial charge is 0.382 e. The van der Waals surface area contributed by atoms with Crippen molar-refractivity contribution in [3.05, 3.63) is 47.0 Å². The topological polar surface area (TPSA) is 79.4 Å². The van der Waals surface area contributed by atoms with Crippen molar-refractivity contribution in [2.75, 3.05) is 5.32 Å². The minimum Gasteiger partial charge on any atom is -0.382 e. The number of oxime groups is 1. The third kappa shape index (κ3) is 2.69. The van der Waals surface area contributed by atoms with Gasteiger partial charge >= 0.3 is 0 Å². The van der Waals surface area contributed by atoms with Gasteiger partial charge in [0, 0.05) is 6.42 Å². The van der Waals surface area contributed by atoms with E-state index >= 15 is 0 Å². The molecule has 1 unspecified atom stereocenters. The lowest BCUT2D eigenvalue weighted by Gasteiger charge is -2.09. The molecule has 2 aromatic rings. The Kier molecular flexibility index (Phi) is 3.62. The summed E-state index contributed by atoms with van der Waals surface area (Å²) in [5.41, 5.74) is 3.52. The number of halogens is 1. The van der Waals surface area contributed by atoms with Crippen molar-refractivity contribution in [1.29, 1.82) is 0 Å². The number of amides is 1. The number of aryl methyl sites for hydroxylation is 2. The van der Waals surface area contributed by atoms with Crippen molar-refractivity contribution < 1.29 is 14.0 Å². The molecule has 1 atom stereocenters. The molecule has 2 heterocycles. The lowest BCUT2D eigenvalue weighted by atomic mass is 10.0. The fourth-order valence-corrected chi connectivity index (χ4v) is 2.27. The van der Waals surface area contributed by atoms with Gasteiger partial charge in [0.15, 0.2) is 0 Å². The molecule has 1 aliphatic heterocycles. The fourth-order valence-electron chi connectivity index (χ4n) is 2.27. The lowest BCUT2D eigenvalue weighted by Crippen LogP contribution is -2.28. The van der Waals surface area contributed by atoms with Gasteiger partial charge in [0.05, 0.1) is 22.8 Å². The van der Waals surface area contributed by atoms with Crippen molar-refractivity contribution in [3.8, 4) is 0 Å². The van der Waals surface area contributed by atoms with Gasteiger partial charge < -0.3 is 10.2 Å². The van der Waals surface area contributed by atoms with Crippen LogP contribution in [0.4, 0.5) is 10.1 Å². The molecular weight excluding hydrogens is 287 g/mol. The molecule has 2 N–H and O–H groups in total. The smallest absolute Gasteiger partial charge is 0.268 e. The Morgan fingerprint density at radius 1 is 1.36 bits per heavy atom. The van der Waals surface area contributed by atoms with Gasteiger partial charge in [-0.25, -0.2) is 4.39 Å². The summed E-state index contributed by atoms with van der Waals surface area (Å²) in [5.74, 6) is -0.600. The standard InChI is InChI=1S/C15H15FN4O2/c1-8-14(9(2)19-18-8)17-15(21)13-7-12(20-22-13)10-3-5-11(16)6-4-10/h3-6,13H,7H2,1-2H3,(H,17,21)(H,18,19). The van der Waals surface area contributed by atoms with E-state index in [2.05, 4.69) is 20.7 Å². The quantitative estimate of drug-likeness (QED) is 0.913. The molecule has 7 heteroatoms. The summed E-state index contributed by atoms with van der Waals surface area (Å²) in [4.78, 5) is 17.4. The van der Waals surface area contributed by atoms with E-state index in [0.29, 0.717) is 23.5 Å². The van der Waals surface area contributed by atoms with Crippen LogP contribution in [-0.2, 0) is 9.63 Å². The van der Waals surface area contributed by atoms with E-state index in [9.17, 15) is 9.18 Å². The van der Waals surface area contributed by atoms with Gasteiger partial charge in [-0.2, -0.15) is 5.10 Å². The highest BCUT2D eigenvalue weighted by Gasteiger charge is 2.29. The van der Waals surface area contributed by atoms with Crippen LogP contribution in [0.5, 0.6) is 0 Å². The number of hydrogen-bond donors (Lipinski definition) is 2. The van der Waals surface area contributed by atoms with Crippen molar-refractivity contribution in [2.45, 2.75) is 26.4 Å². The second-order valence-electron chi connectivity index (χ2n) is 5.14. The molecule has 0 saturated heterocycles. The first-order chi connectivity index (χ1) is 10.5. The number of anilines is 1. The first-order valence-corrected chi connectivity index (χ1v) is 6.85. The summed E-state index contributed by atoms with van der Waals surface area (Å²) in [6.45, 7) is 3.63. The average molecular weight is 302 g/mol. The van der Waals surface area contributed by atoms with Gasteiger partial charge in [0.1, 0.15) is 5.82 Å². The van der Waals surface area contributed by atoms with Crippen molar-refractivity contribution in [1.82, 2.24) is 10.2 Å². The Morgan fingerprint density at radius 3 is 2.73 bits per heavy atom. The molecular formula is C15H15FN4O2. The summed E-state index contributed by atoms with van der Waals surface area (Å²) in [7, 11) is 0. The highest BCUT2D eigenvalue weighted by molar-refractivity contribution is 6.06. The summed E-state index contributed by atoms with van der Waals surface area (Å²) in [6, 6.07) is 5.93. The Labute approximate surface area is 126 Å². The molecule has 1 aromatic carbocycles. The first kappa shape index (κ1) is 14.2. The van der Waals surface area contributed by atoms with Crippen LogP contribution in [-0.4, -0.2) is 27.9 Å². The number of nitrogens with zero attached hydrogens (tertiary/aromatic N) is 2. The first-order valence-electron chi connectivity index (χ1n) is 6.85. The van der Waals surface area contributed by atoms with Crippen LogP contribution in [0.15, 0.2) is 29.4 Å². The van der Waals surface area contributed by atoms with Crippen LogP contribution in [0.2, 0.25) is 0 Å². The highest BCUT2D eigenvalue weighted by atomic mass is 19.1. The molecule has 3 rings (SSSR count). The molecule has 1 amide bonds. The zero-order valence-corrected chi connectivity index (χ0v) is 12.2. The maximum atomic E-state index is 12.9. The van der Waals surface area contributed by atoms with Gasteiger partial charge in [-0.15, -0.1) is 0 Å². The average Bonchev–Trinajstić information content (AvgIpc) is 3.10. The van der Waals surface area contributed by atoms with Gasteiger partial charge in [0.2, 0.25) is 6.10 Å². The number of carbonyl (C=O) groups excluding carboxylic acids is 1. The van der Waals surface area contributed by atoms with Crippen LogP contribution in [0.1, 0.15) is 23.4 Å². The molecule has 0 bridgehead atoms. The summed E-state index contributed by atoms with van der Waals surface area (Å²) in [5, 5.41) is 13.5. The van der Waals surface area contributed by atoms with Crippen molar-refractivity contribution >= 4 is 17.3 Å². The maximum Gasteiger partial charge on any atom is 0.268 e. The lowest BCUT2D eigenvalue weighted by molar-refractivity contribution is -0.125. The third-order valence-electron chi connectivity index (χ3n) is 3.52. The molecule has 6 nitrogen and oxygen atoms in total. The van der Waals surface area contributed by atoms with Crippen LogP contribution < -0.4 is 5.32 Å². The van der Waals surface area contributed by atoms with E-state index in [1.54, 1.807) is 19.1 Å².